The molecule has 13 heavy (non-hydrogen) atoms. The van der Waals surface area contributed by atoms with Crippen LogP contribution in [0.25, 0.3) is 0 Å². The average molecular weight is 184 g/mol. The van der Waals surface area contributed by atoms with E-state index in [9.17, 15) is 4.39 Å². The van der Waals surface area contributed by atoms with E-state index in [-0.39, 0.29) is 25.1 Å². The lowest BCUT2D eigenvalue weighted by Crippen LogP contribution is -2.32. The van der Waals surface area contributed by atoms with Gasteiger partial charge in [0.15, 0.2) is 17.6 Å². The zero-order valence-electron chi connectivity index (χ0n) is 6.87. The van der Waals surface area contributed by atoms with Gasteiger partial charge in [-0.2, -0.15) is 0 Å². The maximum Gasteiger partial charge on any atom is 0.164 e. The van der Waals surface area contributed by atoms with Gasteiger partial charge in [0, 0.05) is 6.07 Å². The van der Waals surface area contributed by atoms with Gasteiger partial charge in [-0.15, -0.1) is 0 Å². The molecule has 0 fully saturated rings. The topological polar surface area (TPSA) is 38.7 Å². The molecule has 0 saturated heterocycles. The van der Waals surface area contributed by atoms with Gasteiger partial charge in [-0.3, -0.25) is 0 Å². The number of aliphatic hydroxyl groups excluding tert-OH is 1. The zero-order chi connectivity index (χ0) is 9.26. The lowest BCUT2D eigenvalue weighted by atomic mass is 10.2. The molecule has 0 amide bonds. The highest BCUT2D eigenvalue weighted by molar-refractivity contribution is 5.41. The Labute approximate surface area is 74.7 Å². The van der Waals surface area contributed by atoms with Crippen molar-refractivity contribution in [3.05, 3.63) is 24.0 Å². The van der Waals surface area contributed by atoms with Crippen LogP contribution in [-0.2, 0) is 0 Å². The van der Waals surface area contributed by atoms with Crippen LogP contribution < -0.4 is 9.47 Å². The predicted molar refractivity (Wildman–Crippen MR) is 43.4 cm³/mol. The maximum absolute atomic E-state index is 12.7. The number of hydrogen-bond acceptors (Lipinski definition) is 3. The van der Waals surface area contributed by atoms with Crippen molar-refractivity contribution in [1.82, 2.24) is 0 Å². The van der Waals surface area contributed by atoms with Gasteiger partial charge in [-0.25, -0.2) is 4.39 Å². The van der Waals surface area contributed by atoms with E-state index in [1.54, 1.807) is 0 Å². The van der Waals surface area contributed by atoms with Crippen LogP contribution in [0.2, 0.25) is 0 Å². The lowest BCUT2D eigenvalue weighted by Gasteiger charge is -2.24. The van der Waals surface area contributed by atoms with Gasteiger partial charge in [-0.1, -0.05) is 0 Å². The molecule has 70 valence electrons. The highest BCUT2D eigenvalue weighted by Crippen LogP contribution is 2.31. The normalized spacial score (nSPS) is 20.0. The molecule has 1 aromatic rings. The quantitative estimate of drug-likeness (QED) is 0.706. The first-order chi connectivity index (χ1) is 6.29. The molecule has 1 unspecified atom stereocenters. The third-order valence-corrected chi connectivity index (χ3v) is 1.83. The van der Waals surface area contributed by atoms with E-state index in [1.807, 2.05) is 0 Å². The van der Waals surface area contributed by atoms with Gasteiger partial charge < -0.3 is 14.6 Å². The summed E-state index contributed by atoms with van der Waals surface area (Å²) < 4.78 is 23.2. The van der Waals surface area contributed by atoms with Crippen LogP contribution in [0.5, 0.6) is 11.5 Å². The summed E-state index contributed by atoms with van der Waals surface area (Å²) in [7, 11) is 0. The number of aliphatic hydroxyl groups is 1. The Morgan fingerprint density at radius 2 is 2.31 bits per heavy atom. The van der Waals surface area contributed by atoms with Gasteiger partial charge >= 0.3 is 0 Å². The van der Waals surface area contributed by atoms with Gasteiger partial charge in [-0.05, 0) is 12.1 Å². The number of halogens is 1. The average Bonchev–Trinajstić information content (AvgIpc) is 2.17. The first kappa shape index (κ1) is 8.31. The summed E-state index contributed by atoms with van der Waals surface area (Å²) in [6.45, 7) is 0.157. The van der Waals surface area contributed by atoms with Crippen LogP contribution in [0, 0.1) is 5.82 Å². The molecule has 0 aliphatic carbocycles. The van der Waals surface area contributed by atoms with E-state index in [0.717, 1.165) is 0 Å². The molecule has 1 aromatic carbocycles. The molecule has 1 N–H and O–H groups in total. The zero-order valence-corrected chi connectivity index (χ0v) is 6.87. The lowest BCUT2D eigenvalue weighted by molar-refractivity contribution is 0.0453. The van der Waals surface area contributed by atoms with Crippen LogP contribution in [0.4, 0.5) is 4.39 Å². The van der Waals surface area contributed by atoms with Crippen molar-refractivity contribution in [2.24, 2.45) is 0 Å². The standard InChI is InChI=1S/C9H9FO3/c10-6-1-2-8-9(3-6)12-5-7(4-11)13-8/h1-3,7,11H,4-5H2. The number of ether oxygens (including phenoxy) is 2. The smallest absolute Gasteiger partial charge is 0.164 e. The second kappa shape index (κ2) is 3.22. The number of rotatable bonds is 1. The van der Waals surface area contributed by atoms with E-state index in [0.29, 0.717) is 11.5 Å². The van der Waals surface area contributed by atoms with Gasteiger partial charge in [0.1, 0.15) is 12.4 Å². The summed E-state index contributed by atoms with van der Waals surface area (Å²) in [5.74, 6) is 0.515. The number of benzene rings is 1. The van der Waals surface area contributed by atoms with E-state index in [1.165, 1.54) is 18.2 Å². The highest BCUT2D eigenvalue weighted by Gasteiger charge is 2.20. The predicted octanol–water partition coefficient (Wildman–Crippen LogP) is 0.958. The fraction of sp³-hybridized carbons (Fsp3) is 0.333. The minimum atomic E-state index is -0.357. The summed E-state index contributed by atoms with van der Waals surface area (Å²) in [6, 6.07) is 4.05. The fourth-order valence-electron chi connectivity index (χ4n) is 1.18. The molecule has 1 atom stereocenters. The molecular formula is C9H9FO3. The first-order valence-corrected chi connectivity index (χ1v) is 3.99. The Morgan fingerprint density at radius 3 is 3.08 bits per heavy atom. The molecule has 2 rings (SSSR count). The molecule has 4 heteroatoms. The number of hydrogen-bond donors (Lipinski definition) is 1. The van der Waals surface area contributed by atoms with Crippen molar-refractivity contribution >= 4 is 0 Å². The van der Waals surface area contributed by atoms with Crippen molar-refractivity contribution in [3.8, 4) is 11.5 Å². The summed E-state index contributed by atoms with van der Waals surface area (Å²) >= 11 is 0. The van der Waals surface area contributed by atoms with Crippen LogP contribution in [0.3, 0.4) is 0 Å². The minimum absolute atomic E-state index is 0.100. The van der Waals surface area contributed by atoms with E-state index in [4.69, 9.17) is 14.6 Å². The molecule has 0 spiro atoms. The Balaban J connectivity index is 2.26. The van der Waals surface area contributed by atoms with Crippen molar-refractivity contribution in [2.75, 3.05) is 13.2 Å². The Morgan fingerprint density at radius 1 is 1.46 bits per heavy atom. The van der Waals surface area contributed by atoms with Crippen LogP contribution >= 0.6 is 0 Å². The molecule has 3 nitrogen and oxygen atoms in total. The Bertz CT molecular complexity index is 314. The third kappa shape index (κ3) is 1.58. The molecule has 1 aliphatic heterocycles. The maximum atomic E-state index is 12.7. The van der Waals surface area contributed by atoms with Gasteiger partial charge in [0.05, 0.1) is 6.61 Å². The summed E-state index contributed by atoms with van der Waals surface area (Å²) in [4.78, 5) is 0. The van der Waals surface area contributed by atoms with E-state index in [2.05, 4.69) is 0 Å². The summed E-state index contributed by atoms with van der Waals surface area (Å²) in [5, 5.41) is 8.79. The van der Waals surface area contributed by atoms with Crippen molar-refractivity contribution in [2.45, 2.75) is 6.10 Å². The molecular weight excluding hydrogens is 175 g/mol. The van der Waals surface area contributed by atoms with Crippen molar-refractivity contribution in [1.29, 1.82) is 0 Å². The monoisotopic (exact) mass is 184 g/mol. The highest BCUT2D eigenvalue weighted by atomic mass is 19.1. The Kier molecular flexibility index (Phi) is 2.06. The van der Waals surface area contributed by atoms with Crippen LogP contribution in [0.15, 0.2) is 18.2 Å². The van der Waals surface area contributed by atoms with Crippen LogP contribution in [-0.4, -0.2) is 24.4 Å². The third-order valence-electron chi connectivity index (χ3n) is 1.83. The molecule has 1 heterocycles. The summed E-state index contributed by atoms with van der Waals surface area (Å²) in [6.07, 6.45) is -0.349. The van der Waals surface area contributed by atoms with Gasteiger partial charge in [0.2, 0.25) is 0 Å². The SMILES string of the molecule is OCC1COc2cc(F)ccc2O1. The molecule has 0 saturated carbocycles. The first-order valence-electron chi connectivity index (χ1n) is 3.99. The second-order valence-electron chi connectivity index (χ2n) is 2.82. The summed E-state index contributed by atoms with van der Waals surface area (Å²) in [5.41, 5.74) is 0. The van der Waals surface area contributed by atoms with Gasteiger partial charge in [0.25, 0.3) is 0 Å². The fourth-order valence-corrected chi connectivity index (χ4v) is 1.18. The van der Waals surface area contributed by atoms with Crippen molar-refractivity contribution in [3.63, 3.8) is 0 Å². The number of fused-ring (bicyclic) bond motifs is 1. The molecule has 0 aromatic heterocycles. The molecule has 1 aliphatic rings. The minimum Gasteiger partial charge on any atom is -0.486 e. The molecule has 0 bridgehead atoms. The second-order valence-corrected chi connectivity index (χ2v) is 2.82. The Hall–Kier alpha value is -1.29. The van der Waals surface area contributed by atoms with E-state index < -0.39 is 0 Å². The van der Waals surface area contributed by atoms with E-state index >= 15 is 0 Å². The van der Waals surface area contributed by atoms with Crippen molar-refractivity contribution < 1.29 is 19.0 Å². The molecule has 0 radical (unpaired) electrons. The van der Waals surface area contributed by atoms with Crippen LogP contribution in [0.1, 0.15) is 0 Å². The largest absolute Gasteiger partial charge is 0.486 e.